The summed E-state index contributed by atoms with van der Waals surface area (Å²) in [4.78, 5) is 15.9. The zero-order valence-corrected chi connectivity index (χ0v) is 16.0. The van der Waals surface area contributed by atoms with E-state index in [9.17, 15) is 15.2 Å². The number of halogens is 1. The minimum Gasteiger partial charge on any atom is -0.480 e. The largest absolute Gasteiger partial charge is 0.480 e. The smallest absolute Gasteiger partial charge is 0.316 e. The summed E-state index contributed by atoms with van der Waals surface area (Å²) in [6, 6.07) is 20.8. The Morgan fingerprint density at radius 2 is 1.81 bits per heavy atom. The molecule has 1 atom stereocenters. The van der Waals surface area contributed by atoms with E-state index in [1.165, 1.54) is 0 Å². The lowest BCUT2D eigenvalue weighted by atomic mass is 9.99. The van der Waals surface area contributed by atoms with E-state index < -0.39 is 11.2 Å². The number of aliphatic carboxylic acids is 1. The second kappa shape index (κ2) is 8.26. The predicted octanol–water partition coefficient (Wildman–Crippen LogP) is 5.51. The molecule has 0 aliphatic carbocycles. The summed E-state index contributed by atoms with van der Waals surface area (Å²) < 4.78 is 0. The zero-order chi connectivity index (χ0) is 19.4. The summed E-state index contributed by atoms with van der Waals surface area (Å²) in [7, 11) is 0. The molecule has 1 heterocycles. The number of carboxylic acids is 1. The number of nitrogens with zero attached hydrogens (tertiary/aromatic N) is 2. The van der Waals surface area contributed by atoms with Gasteiger partial charge in [0.15, 0.2) is 0 Å². The molecule has 0 amide bonds. The number of pyridine rings is 1. The van der Waals surface area contributed by atoms with Gasteiger partial charge in [-0.2, -0.15) is 5.26 Å². The number of nitriles is 1. The Morgan fingerprint density at radius 1 is 1.15 bits per heavy atom. The Hall–Kier alpha value is -2.81. The third-order valence-corrected chi connectivity index (χ3v) is 5.28. The Morgan fingerprint density at radius 3 is 2.41 bits per heavy atom. The predicted molar refractivity (Wildman–Crippen MR) is 108 cm³/mol. The van der Waals surface area contributed by atoms with E-state index in [0.717, 1.165) is 22.9 Å². The SMILES string of the molecule is C[C@@H](Sc1nc(-c2ccccc2)cc(-c2ccc(Cl)cc2)c1C#N)C(=O)O. The first kappa shape index (κ1) is 19.0. The number of hydrogen-bond donors (Lipinski definition) is 1. The van der Waals surface area contributed by atoms with Crippen LogP contribution in [0.15, 0.2) is 65.7 Å². The van der Waals surface area contributed by atoms with E-state index in [1.54, 1.807) is 19.1 Å². The van der Waals surface area contributed by atoms with Gasteiger partial charge in [0.25, 0.3) is 0 Å². The number of carbonyl (C=O) groups is 1. The van der Waals surface area contributed by atoms with E-state index in [-0.39, 0.29) is 0 Å². The molecule has 1 aromatic heterocycles. The van der Waals surface area contributed by atoms with Gasteiger partial charge in [0, 0.05) is 16.1 Å². The summed E-state index contributed by atoms with van der Waals surface area (Å²) in [6.45, 7) is 1.58. The van der Waals surface area contributed by atoms with Crippen molar-refractivity contribution in [3.63, 3.8) is 0 Å². The topological polar surface area (TPSA) is 74.0 Å². The number of aromatic nitrogens is 1. The van der Waals surface area contributed by atoms with Gasteiger partial charge in [-0.25, -0.2) is 4.98 Å². The third-order valence-electron chi connectivity index (χ3n) is 3.96. The van der Waals surface area contributed by atoms with E-state index in [1.807, 2.05) is 48.5 Å². The first-order chi connectivity index (χ1) is 13.0. The fourth-order valence-electron chi connectivity index (χ4n) is 2.55. The molecular formula is C21H15ClN2O2S. The molecule has 0 aliphatic heterocycles. The van der Waals surface area contributed by atoms with Gasteiger partial charge in [0.05, 0.1) is 11.3 Å². The van der Waals surface area contributed by atoms with Crippen LogP contribution in [-0.4, -0.2) is 21.3 Å². The first-order valence-electron chi connectivity index (χ1n) is 8.15. The van der Waals surface area contributed by atoms with Crippen molar-refractivity contribution in [2.24, 2.45) is 0 Å². The van der Waals surface area contributed by atoms with Crippen molar-refractivity contribution in [1.82, 2.24) is 4.98 Å². The van der Waals surface area contributed by atoms with Crippen molar-refractivity contribution in [2.45, 2.75) is 17.2 Å². The second-order valence-electron chi connectivity index (χ2n) is 5.82. The minimum atomic E-state index is -0.955. The van der Waals surface area contributed by atoms with Gasteiger partial charge in [-0.3, -0.25) is 4.79 Å². The molecule has 0 radical (unpaired) electrons. The van der Waals surface area contributed by atoms with Gasteiger partial charge in [0.2, 0.25) is 0 Å². The van der Waals surface area contributed by atoms with Crippen LogP contribution in [0.3, 0.4) is 0 Å². The molecule has 3 rings (SSSR count). The Kier molecular flexibility index (Phi) is 5.80. The van der Waals surface area contributed by atoms with Crippen LogP contribution in [-0.2, 0) is 4.79 Å². The number of rotatable bonds is 5. The monoisotopic (exact) mass is 394 g/mol. The molecule has 0 saturated heterocycles. The molecule has 6 heteroatoms. The maximum Gasteiger partial charge on any atom is 0.316 e. The van der Waals surface area contributed by atoms with E-state index in [2.05, 4.69) is 11.1 Å². The number of thioether (sulfide) groups is 1. The second-order valence-corrected chi connectivity index (χ2v) is 7.58. The zero-order valence-electron chi connectivity index (χ0n) is 14.4. The summed E-state index contributed by atoms with van der Waals surface area (Å²) >= 11 is 7.05. The van der Waals surface area contributed by atoms with Crippen LogP contribution in [0.1, 0.15) is 12.5 Å². The Balaban J connectivity index is 2.22. The van der Waals surface area contributed by atoms with Crippen molar-refractivity contribution in [1.29, 1.82) is 5.26 Å². The molecule has 0 bridgehead atoms. The molecule has 0 unspecified atom stereocenters. The maximum atomic E-state index is 11.3. The lowest BCUT2D eigenvalue weighted by molar-refractivity contribution is -0.136. The van der Waals surface area contributed by atoms with E-state index >= 15 is 0 Å². The molecule has 2 aromatic carbocycles. The highest BCUT2D eigenvalue weighted by molar-refractivity contribution is 8.00. The average molecular weight is 395 g/mol. The minimum absolute atomic E-state index is 0.357. The third kappa shape index (κ3) is 4.30. The molecule has 3 aromatic rings. The quantitative estimate of drug-likeness (QED) is 0.578. The van der Waals surface area contributed by atoms with Crippen LogP contribution in [0.2, 0.25) is 5.02 Å². The lowest BCUT2D eigenvalue weighted by Gasteiger charge is -2.14. The summed E-state index contributed by atoms with van der Waals surface area (Å²) in [5, 5.41) is 19.3. The van der Waals surface area contributed by atoms with Crippen molar-refractivity contribution in [3.8, 4) is 28.5 Å². The van der Waals surface area contributed by atoms with Gasteiger partial charge >= 0.3 is 5.97 Å². The lowest BCUT2D eigenvalue weighted by Crippen LogP contribution is -2.12. The molecular weight excluding hydrogens is 380 g/mol. The van der Waals surface area contributed by atoms with Crippen molar-refractivity contribution < 1.29 is 9.90 Å². The number of hydrogen-bond acceptors (Lipinski definition) is 4. The van der Waals surface area contributed by atoms with Gasteiger partial charge in [0.1, 0.15) is 16.3 Å². The van der Waals surface area contributed by atoms with E-state index in [4.69, 9.17) is 11.6 Å². The Labute approximate surface area is 166 Å². The molecule has 27 heavy (non-hydrogen) atoms. The molecule has 0 fully saturated rings. The van der Waals surface area contributed by atoms with E-state index in [0.29, 0.717) is 26.9 Å². The molecule has 134 valence electrons. The van der Waals surface area contributed by atoms with Crippen molar-refractivity contribution in [3.05, 3.63) is 71.2 Å². The Bertz CT molecular complexity index is 1010. The number of benzene rings is 2. The summed E-state index contributed by atoms with van der Waals surface area (Å²) in [5.41, 5.74) is 3.44. The van der Waals surface area contributed by atoms with Crippen LogP contribution in [0.4, 0.5) is 0 Å². The van der Waals surface area contributed by atoms with Crippen LogP contribution < -0.4 is 0 Å². The molecule has 0 spiro atoms. The summed E-state index contributed by atoms with van der Waals surface area (Å²) in [6.07, 6.45) is 0. The van der Waals surface area contributed by atoms with Crippen LogP contribution in [0.5, 0.6) is 0 Å². The van der Waals surface area contributed by atoms with Crippen LogP contribution in [0.25, 0.3) is 22.4 Å². The fraction of sp³-hybridized carbons (Fsp3) is 0.0952. The molecule has 4 nitrogen and oxygen atoms in total. The first-order valence-corrected chi connectivity index (χ1v) is 9.41. The number of carboxylic acid groups (broad SMARTS) is 1. The normalized spacial score (nSPS) is 11.6. The molecule has 1 N–H and O–H groups in total. The highest BCUT2D eigenvalue weighted by Crippen LogP contribution is 2.36. The maximum absolute atomic E-state index is 11.3. The standard InChI is InChI=1S/C21H15ClN2O2S/c1-13(21(25)26)27-20-18(12-23)17(14-7-9-16(22)10-8-14)11-19(24-20)15-5-3-2-4-6-15/h2-11,13H,1H3,(H,25,26)/t13-/m1/s1. The average Bonchev–Trinajstić information content (AvgIpc) is 2.68. The van der Waals surface area contributed by atoms with Crippen molar-refractivity contribution in [2.75, 3.05) is 0 Å². The highest BCUT2D eigenvalue weighted by atomic mass is 35.5. The highest BCUT2D eigenvalue weighted by Gasteiger charge is 2.20. The summed E-state index contributed by atoms with van der Waals surface area (Å²) in [5.74, 6) is -0.955. The van der Waals surface area contributed by atoms with Gasteiger partial charge in [-0.15, -0.1) is 0 Å². The van der Waals surface area contributed by atoms with Gasteiger partial charge < -0.3 is 5.11 Å². The fourth-order valence-corrected chi connectivity index (χ4v) is 3.53. The molecule has 0 aliphatic rings. The van der Waals surface area contributed by atoms with Gasteiger partial charge in [-0.1, -0.05) is 65.8 Å². The van der Waals surface area contributed by atoms with Crippen molar-refractivity contribution >= 4 is 29.3 Å². The van der Waals surface area contributed by atoms with Crippen LogP contribution >= 0.6 is 23.4 Å². The van der Waals surface area contributed by atoms with Gasteiger partial charge in [-0.05, 0) is 30.7 Å². The van der Waals surface area contributed by atoms with Crippen LogP contribution in [0, 0.1) is 11.3 Å². The molecule has 0 saturated carbocycles.